The number of rotatable bonds is 8. The van der Waals surface area contributed by atoms with E-state index >= 15 is 0 Å². The highest BCUT2D eigenvalue weighted by Crippen LogP contribution is 2.24. The Morgan fingerprint density at radius 3 is 2.45 bits per heavy atom. The fourth-order valence-electron chi connectivity index (χ4n) is 2.83. The van der Waals surface area contributed by atoms with E-state index in [1.54, 1.807) is 18.2 Å². The maximum atomic E-state index is 12.5. The van der Waals surface area contributed by atoms with Crippen LogP contribution in [0.25, 0.3) is 0 Å². The minimum absolute atomic E-state index is 0.0485. The first kappa shape index (κ1) is 20.7. The van der Waals surface area contributed by atoms with Gasteiger partial charge in [-0.3, -0.25) is 9.59 Å². The average molecular weight is 406 g/mol. The van der Waals surface area contributed by atoms with Gasteiger partial charge in [0.1, 0.15) is 5.75 Å². The lowest BCUT2D eigenvalue weighted by Gasteiger charge is -2.09. The summed E-state index contributed by atoms with van der Waals surface area (Å²) in [5.41, 5.74) is 2.94. The van der Waals surface area contributed by atoms with E-state index in [2.05, 4.69) is 5.32 Å². The summed E-state index contributed by atoms with van der Waals surface area (Å²) in [6.07, 6.45) is 0. The Bertz CT molecular complexity index is 999. The lowest BCUT2D eigenvalue weighted by molar-refractivity contribution is 0.101. The third-order valence-electron chi connectivity index (χ3n) is 4.34. The van der Waals surface area contributed by atoms with E-state index in [0.717, 1.165) is 16.2 Å². The van der Waals surface area contributed by atoms with Crippen LogP contribution in [0.3, 0.4) is 0 Å². The van der Waals surface area contributed by atoms with Gasteiger partial charge in [0.15, 0.2) is 5.78 Å². The van der Waals surface area contributed by atoms with Crippen molar-refractivity contribution in [3.8, 4) is 5.75 Å². The molecule has 0 bridgehead atoms. The van der Waals surface area contributed by atoms with Crippen molar-refractivity contribution >= 4 is 29.1 Å². The summed E-state index contributed by atoms with van der Waals surface area (Å²) in [5.74, 6) is 0.986. The molecule has 0 unspecified atom stereocenters. The topological polar surface area (TPSA) is 55.4 Å². The maximum absolute atomic E-state index is 12.5. The Hall–Kier alpha value is -3.05. The lowest BCUT2D eigenvalue weighted by atomic mass is 10.1. The van der Waals surface area contributed by atoms with Crippen molar-refractivity contribution in [1.29, 1.82) is 0 Å². The second-order valence-electron chi connectivity index (χ2n) is 6.47. The number of hydrogen-bond acceptors (Lipinski definition) is 4. The number of amides is 1. The maximum Gasteiger partial charge on any atom is 0.255 e. The first-order valence-corrected chi connectivity index (χ1v) is 10.4. The number of ether oxygens (including phenoxy) is 1. The van der Waals surface area contributed by atoms with E-state index < -0.39 is 0 Å². The molecule has 0 fully saturated rings. The first-order valence-electron chi connectivity index (χ1n) is 9.42. The predicted octanol–water partition coefficient (Wildman–Crippen LogP) is 5.62. The standard InChI is InChI=1S/C24H23NO3S/c1-3-28-20-13-11-18(12-14-20)23(26)16-29-21-9-6-8-19(15-21)25-24(27)22-10-5-4-7-17(22)2/h4-15H,3,16H2,1-2H3,(H,25,27). The summed E-state index contributed by atoms with van der Waals surface area (Å²) in [6.45, 7) is 4.43. The molecule has 0 aliphatic heterocycles. The number of thioether (sulfide) groups is 1. The van der Waals surface area contributed by atoms with E-state index in [-0.39, 0.29) is 11.7 Å². The number of ketones is 1. The van der Waals surface area contributed by atoms with Gasteiger partial charge in [-0.15, -0.1) is 11.8 Å². The van der Waals surface area contributed by atoms with Crippen LogP contribution in [0.2, 0.25) is 0 Å². The number of benzene rings is 3. The zero-order chi connectivity index (χ0) is 20.6. The highest BCUT2D eigenvalue weighted by Gasteiger charge is 2.10. The normalized spacial score (nSPS) is 10.4. The highest BCUT2D eigenvalue weighted by atomic mass is 32.2. The van der Waals surface area contributed by atoms with Crippen molar-refractivity contribution < 1.29 is 14.3 Å². The van der Waals surface area contributed by atoms with E-state index in [4.69, 9.17) is 4.74 Å². The molecular weight excluding hydrogens is 382 g/mol. The molecule has 1 N–H and O–H groups in total. The van der Waals surface area contributed by atoms with Crippen LogP contribution in [0.5, 0.6) is 5.75 Å². The molecule has 3 rings (SSSR count). The van der Waals surface area contributed by atoms with Gasteiger partial charge in [-0.2, -0.15) is 0 Å². The van der Waals surface area contributed by atoms with Crippen LogP contribution < -0.4 is 10.1 Å². The Morgan fingerprint density at radius 2 is 1.72 bits per heavy atom. The van der Waals surface area contributed by atoms with Crippen molar-refractivity contribution in [2.24, 2.45) is 0 Å². The monoisotopic (exact) mass is 405 g/mol. The van der Waals surface area contributed by atoms with E-state index in [0.29, 0.717) is 29.2 Å². The summed E-state index contributed by atoms with van der Waals surface area (Å²) >= 11 is 1.45. The number of aryl methyl sites for hydroxylation is 1. The molecule has 3 aromatic rings. The molecule has 0 spiro atoms. The molecule has 4 nitrogen and oxygen atoms in total. The number of carbonyl (C=O) groups is 2. The molecule has 0 heterocycles. The quantitative estimate of drug-likeness (QED) is 0.390. The number of nitrogens with one attached hydrogen (secondary N) is 1. The Morgan fingerprint density at radius 1 is 0.966 bits per heavy atom. The molecule has 29 heavy (non-hydrogen) atoms. The first-order chi connectivity index (χ1) is 14.1. The number of Topliss-reactive ketones (excluding diaryl/α,β-unsaturated/α-hetero) is 1. The molecule has 1 amide bonds. The average Bonchev–Trinajstić information content (AvgIpc) is 2.73. The summed E-state index contributed by atoms with van der Waals surface area (Å²) < 4.78 is 5.40. The molecular formula is C24H23NO3S. The predicted molar refractivity (Wildman–Crippen MR) is 118 cm³/mol. The van der Waals surface area contributed by atoms with Gasteiger partial charge in [-0.1, -0.05) is 24.3 Å². The van der Waals surface area contributed by atoms with Crippen LogP contribution in [0.4, 0.5) is 5.69 Å². The minimum atomic E-state index is -0.143. The van der Waals surface area contributed by atoms with Crippen molar-refractivity contribution in [3.63, 3.8) is 0 Å². The Balaban J connectivity index is 1.60. The molecule has 0 aromatic heterocycles. The molecule has 0 aliphatic rings. The molecule has 0 saturated carbocycles. The molecule has 0 atom stereocenters. The Kier molecular flexibility index (Phi) is 7.09. The van der Waals surface area contributed by atoms with Crippen LogP contribution in [0.15, 0.2) is 77.7 Å². The Labute approximate surface area is 175 Å². The van der Waals surface area contributed by atoms with Crippen molar-refractivity contribution in [1.82, 2.24) is 0 Å². The van der Waals surface area contributed by atoms with E-state index in [1.807, 2.05) is 68.4 Å². The minimum Gasteiger partial charge on any atom is -0.494 e. The number of carbonyl (C=O) groups excluding carboxylic acids is 2. The zero-order valence-electron chi connectivity index (χ0n) is 16.5. The van der Waals surface area contributed by atoms with Crippen LogP contribution in [0.1, 0.15) is 33.2 Å². The fourth-order valence-corrected chi connectivity index (χ4v) is 3.68. The van der Waals surface area contributed by atoms with Gasteiger partial charge in [-0.25, -0.2) is 0 Å². The van der Waals surface area contributed by atoms with Gasteiger partial charge in [0, 0.05) is 21.7 Å². The SMILES string of the molecule is CCOc1ccc(C(=O)CSc2cccc(NC(=O)c3ccccc3C)c2)cc1. The van der Waals surface area contributed by atoms with Crippen LogP contribution in [0, 0.1) is 6.92 Å². The molecule has 5 heteroatoms. The van der Waals surface area contributed by atoms with Gasteiger partial charge in [0.05, 0.1) is 12.4 Å². The lowest BCUT2D eigenvalue weighted by Crippen LogP contribution is -2.13. The molecule has 3 aromatic carbocycles. The third-order valence-corrected chi connectivity index (χ3v) is 5.33. The molecule has 0 radical (unpaired) electrons. The van der Waals surface area contributed by atoms with Gasteiger partial charge in [-0.05, 0) is 67.9 Å². The van der Waals surface area contributed by atoms with E-state index in [1.165, 1.54) is 11.8 Å². The summed E-state index contributed by atoms with van der Waals surface area (Å²) in [4.78, 5) is 25.9. The smallest absolute Gasteiger partial charge is 0.255 e. The third kappa shape index (κ3) is 5.72. The van der Waals surface area contributed by atoms with E-state index in [9.17, 15) is 9.59 Å². The van der Waals surface area contributed by atoms with Crippen LogP contribution in [-0.4, -0.2) is 24.1 Å². The van der Waals surface area contributed by atoms with Gasteiger partial charge in [0.25, 0.3) is 5.91 Å². The second-order valence-corrected chi connectivity index (χ2v) is 7.51. The number of anilines is 1. The number of hydrogen-bond donors (Lipinski definition) is 1. The van der Waals surface area contributed by atoms with Crippen LogP contribution in [-0.2, 0) is 0 Å². The summed E-state index contributed by atoms with van der Waals surface area (Å²) in [6, 6.07) is 22.2. The molecule has 0 aliphatic carbocycles. The van der Waals surface area contributed by atoms with Crippen LogP contribution >= 0.6 is 11.8 Å². The van der Waals surface area contributed by atoms with Crippen molar-refractivity contribution in [2.45, 2.75) is 18.7 Å². The largest absolute Gasteiger partial charge is 0.494 e. The fraction of sp³-hybridized carbons (Fsp3) is 0.167. The summed E-state index contributed by atoms with van der Waals surface area (Å²) in [7, 11) is 0. The van der Waals surface area contributed by atoms with Crippen molar-refractivity contribution in [3.05, 3.63) is 89.5 Å². The van der Waals surface area contributed by atoms with Crippen molar-refractivity contribution in [2.75, 3.05) is 17.7 Å². The van der Waals surface area contributed by atoms with Gasteiger partial charge in [0.2, 0.25) is 0 Å². The zero-order valence-corrected chi connectivity index (χ0v) is 17.3. The summed E-state index contributed by atoms with van der Waals surface area (Å²) in [5, 5.41) is 2.93. The highest BCUT2D eigenvalue weighted by molar-refractivity contribution is 8.00. The van der Waals surface area contributed by atoms with Gasteiger partial charge >= 0.3 is 0 Å². The second kappa shape index (κ2) is 9.94. The molecule has 0 saturated heterocycles. The van der Waals surface area contributed by atoms with Gasteiger partial charge < -0.3 is 10.1 Å². The molecule has 148 valence electrons.